The molecule has 0 N–H and O–H groups in total. The van der Waals surface area contributed by atoms with Crippen molar-refractivity contribution in [1.29, 1.82) is 0 Å². The van der Waals surface area contributed by atoms with Crippen LogP contribution in [0.3, 0.4) is 0 Å². The zero-order chi connectivity index (χ0) is 13.2. The standard InChI is InChI=1S/C14H16O4/c1-4-15-11-14(17-6-3)18-13-9-7-8-12(10-13)16-5-2/h4-10,14H,1-3,11H2. The van der Waals surface area contributed by atoms with Gasteiger partial charge in [-0.25, -0.2) is 0 Å². The van der Waals surface area contributed by atoms with Crippen LogP contribution in [-0.4, -0.2) is 12.9 Å². The first kappa shape index (κ1) is 13.7. The third kappa shape index (κ3) is 4.65. The van der Waals surface area contributed by atoms with Crippen molar-refractivity contribution in [3.63, 3.8) is 0 Å². The fourth-order valence-electron chi connectivity index (χ4n) is 1.22. The third-order valence-corrected chi connectivity index (χ3v) is 1.89. The van der Waals surface area contributed by atoms with Gasteiger partial charge in [-0.1, -0.05) is 25.8 Å². The number of ether oxygens (including phenoxy) is 4. The van der Waals surface area contributed by atoms with E-state index in [1.165, 1.54) is 18.8 Å². The van der Waals surface area contributed by atoms with Crippen molar-refractivity contribution in [3.05, 3.63) is 62.8 Å². The Balaban J connectivity index is 2.66. The first-order valence-corrected chi connectivity index (χ1v) is 5.33. The van der Waals surface area contributed by atoms with Crippen LogP contribution >= 0.6 is 0 Å². The summed E-state index contributed by atoms with van der Waals surface area (Å²) in [6.07, 6.45) is 3.36. The fraction of sp³-hybridized carbons (Fsp3) is 0.143. The number of rotatable bonds is 9. The van der Waals surface area contributed by atoms with Crippen molar-refractivity contribution in [1.82, 2.24) is 0 Å². The molecule has 0 amide bonds. The summed E-state index contributed by atoms with van der Waals surface area (Å²) in [5.74, 6) is 1.22. The maximum absolute atomic E-state index is 5.56. The van der Waals surface area contributed by atoms with Crippen molar-refractivity contribution >= 4 is 0 Å². The molecule has 0 radical (unpaired) electrons. The highest BCUT2D eigenvalue weighted by Crippen LogP contribution is 2.21. The lowest BCUT2D eigenvalue weighted by molar-refractivity contribution is -0.0669. The van der Waals surface area contributed by atoms with Crippen LogP contribution in [0, 0.1) is 0 Å². The first-order valence-electron chi connectivity index (χ1n) is 5.33. The van der Waals surface area contributed by atoms with Crippen LogP contribution in [0.1, 0.15) is 0 Å². The van der Waals surface area contributed by atoms with E-state index in [4.69, 9.17) is 18.9 Å². The number of hydrogen-bond donors (Lipinski definition) is 0. The molecule has 0 aliphatic heterocycles. The second kappa shape index (κ2) is 7.84. The molecular formula is C14H16O4. The van der Waals surface area contributed by atoms with Gasteiger partial charge in [0.05, 0.1) is 18.8 Å². The third-order valence-electron chi connectivity index (χ3n) is 1.89. The molecule has 1 aromatic carbocycles. The topological polar surface area (TPSA) is 36.9 Å². The van der Waals surface area contributed by atoms with Crippen LogP contribution in [0.5, 0.6) is 11.5 Å². The van der Waals surface area contributed by atoms with Crippen molar-refractivity contribution in [3.8, 4) is 11.5 Å². The lowest BCUT2D eigenvalue weighted by Crippen LogP contribution is -2.23. The largest absolute Gasteiger partial charge is 0.494 e. The van der Waals surface area contributed by atoms with E-state index in [2.05, 4.69) is 19.7 Å². The van der Waals surface area contributed by atoms with E-state index < -0.39 is 6.29 Å². The van der Waals surface area contributed by atoms with Gasteiger partial charge in [0.25, 0.3) is 6.29 Å². The molecule has 1 aromatic rings. The van der Waals surface area contributed by atoms with Gasteiger partial charge in [0.2, 0.25) is 0 Å². The average molecular weight is 248 g/mol. The Bertz CT molecular complexity index is 401. The summed E-state index contributed by atoms with van der Waals surface area (Å²) < 4.78 is 20.9. The zero-order valence-electron chi connectivity index (χ0n) is 10.1. The van der Waals surface area contributed by atoms with Gasteiger partial charge in [0, 0.05) is 6.07 Å². The SMILES string of the molecule is C=COCC(OC=C)Oc1cccc(OC=C)c1. The molecule has 1 atom stereocenters. The lowest BCUT2D eigenvalue weighted by Gasteiger charge is -2.17. The second-order valence-electron chi connectivity index (χ2n) is 3.11. The molecule has 18 heavy (non-hydrogen) atoms. The maximum Gasteiger partial charge on any atom is 0.274 e. The highest BCUT2D eigenvalue weighted by atomic mass is 16.7. The van der Waals surface area contributed by atoms with E-state index in [1.807, 2.05) is 0 Å². The van der Waals surface area contributed by atoms with E-state index in [1.54, 1.807) is 24.3 Å². The van der Waals surface area contributed by atoms with Crippen LogP contribution in [0.4, 0.5) is 0 Å². The molecule has 0 bridgehead atoms. The minimum Gasteiger partial charge on any atom is -0.494 e. The number of hydrogen-bond acceptors (Lipinski definition) is 4. The van der Waals surface area contributed by atoms with Gasteiger partial charge in [-0.15, -0.1) is 0 Å². The van der Waals surface area contributed by atoms with Gasteiger partial charge < -0.3 is 18.9 Å². The fourth-order valence-corrected chi connectivity index (χ4v) is 1.22. The molecule has 0 saturated carbocycles. The van der Waals surface area contributed by atoms with Gasteiger partial charge in [-0.2, -0.15) is 0 Å². The Morgan fingerprint density at radius 2 is 1.83 bits per heavy atom. The smallest absolute Gasteiger partial charge is 0.274 e. The minimum atomic E-state index is -0.598. The van der Waals surface area contributed by atoms with Crippen molar-refractivity contribution in [2.75, 3.05) is 6.61 Å². The summed E-state index contributed by atoms with van der Waals surface area (Å²) in [7, 11) is 0. The summed E-state index contributed by atoms with van der Waals surface area (Å²) in [5, 5.41) is 0. The highest BCUT2D eigenvalue weighted by Gasteiger charge is 2.10. The summed E-state index contributed by atoms with van der Waals surface area (Å²) in [6, 6.07) is 7.09. The van der Waals surface area contributed by atoms with Crippen LogP contribution in [0.15, 0.2) is 62.8 Å². The molecule has 1 unspecified atom stereocenters. The van der Waals surface area contributed by atoms with Gasteiger partial charge >= 0.3 is 0 Å². The predicted octanol–water partition coefficient (Wildman–Crippen LogP) is 3.23. The van der Waals surface area contributed by atoms with E-state index >= 15 is 0 Å². The summed E-state index contributed by atoms with van der Waals surface area (Å²) in [5.41, 5.74) is 0. The van der Waals surface area contributed by atoms with Gasteiger partial charge in [-0.05, 0) is 12.1 Å². The molecule has 0 aliphatic carbocycles. The summed E-state index contributed by atoms with van der Waals surface area (Å²) in [4.78, 5) is 0. The second-order valence-corrected chi connectivity index (χ2v) is 3.11. The molecule has 0 spiro atoms. The summed E-state index contributed by atoms with van der Waals surface area (Å²) >= 11 is 0. The zero-order valence-corrected chi connectivity index (χ0v) is 10.1. The highest BCUT2D eigenvalue weighted by molar-refractivity contribution is 5.33. The van der Waals surface area contributed by atoms with Gasteiger partial charge in [0.1, 0.15) is 11.5 Å². The molecular weight excluding hydrogens is 232 g/mol. The minimum absolute atomic E-state index is 0.210. The quantitative estimate of drug-likeness (QED) is 0.496. The molecule has 0 heterocycles. The lowest BCUT2D eigenvalue weighted by atomic mass is 10.3. The molecule has 0 saturated heterocycles. The first-order chi connectivity index (χ1) is 8.80. The Morgan fingerprint density at radius 3 is 2.50 bits per heavy atom. The Kier molecular flexibility index (Phi) is 5.97. The normalized spacial score (nSPS) is 10.9. The van der Waals surface area contributed by atoms with Crippen molar-refractivity contribution < 1.29 is 18.9 Å². The van der Waals surface area contributed by atoms with Gasteiger partial charge in [-0.3, -0.25) is 0 Å². The Morgan fingerprint density at radius 1 is 1.06 bits per heavy atom. The molecule has 0 aromatic heterocycles. The Hall–Kier alpha value is -2.36. The molecule has 1 rings (SSSR count). The van der Waals surface area contributed by atoms with Gasteiger partial charge in [0.15, 0.2) is 6.61 Å². The average Bonchev–Trinajstić information content (AvgIpc) is 2.37. The van der Waals surface area contributed by atoms with Crippen LogP contribution in [-0.2, 0) is 9.47 Å². The maximum atomic E-state index is 5.56. The molecule has 96 valence electrons. The van der Waals surface area contributed by atoms with Crippen molar-refractivity contribution in [2.24, 2.45) is 0 Å². The molecule has 4 heteroatoms. The summed E-state index contributed by atoms with van der Waals surface area (Å²) in [6.45, 7) is 10.6. The van der Waals surface area contributed by atoms with Crippen LogP contribution in [0.2, 0.25) is 0 Å². The monoisotopic (exact) mass is 248 g/mol. The predicted molar refractivity (Wildman–Crippen MR) is 69.1 cm³/mol. The van der Waals surface area contributed by atoms with E-state index in [0.29, 0.717) is 11.5 Å². The molecule has 0 aliphatic rings. The van der Waals surface area contributed by atoms with E-state index in [9.17, 15) is 0 Å². The molecule has 4 nitrogen and oxygen atoms in total. The van der Waals surface area contributed by atoms with Crippen molar-refractivity contribution in [2.45, 2.75) is 6.29 Å². The number of benzene rings is 1. The van der Waals surface area contributed by atoms with E-state index in [0.717, 1.165) is 0 Å². The van der Waals surface area contributed by atoms with E-state index in [-0.39, 0.29) is 6.61 Å². The van der Waals surface area contributed by atoms with Crippen LogP contribution in [0.25, 0.3) is 0 Å². The molecule has 0 fully saturated rings. The Labute approximate surface area is 107 Å². The van der Waals surface area contributed by atoms with Crippen LogP contribution < -0.4 is 9.47 Å².